The Morgan fingerprint density at radius 1 is 1.69 bits per heavy atom. The molecule has 0 heterocycles. The van der Waals surface area contributed by atoms with E-state index in [9.17, 15) is 9.90 Å². The van der Waals surface area contributed by atoms with Gasteiger partial charge in [0.15, 0.2) is 0 Å². The molecule has 94 valence electrons. The number of rotatable bonds is 6. The molecule has 0 aromatic carbocycles. The summed E-state index contributed by atoms with van der Waals surface area (Å²) < 4.78 is 10.7. The molecule has 1 fully saturated rings. The predicted molar refractivity (Wildman–Crippen MR) is 59.5 cm³/mol. The third kappa shape index (κ3) is 2.93. The lowest BCUT2D eigenvalue weighted by Crippen LogP contribution is -2.48. The summed E-state index contributed by atoms with van der Waals surface area (Å²) in [6.07, 6.45) is 1.93. The van der Waals surface area contributed by atoms with Gasteiger partial charge in [0.2, 0.25) is 0 Å². The summed E-state index contributed by atoms with van der Waals surface area (Å²) in [6.45, 7) is 2.47. The first-order valence-corrected chi connectivity index (χ1v) is 5.61. The molecule has 2 N–H and O–H groups in total. The summed E-state index contributed by atoms with van der Waals surface area (Å²) in [5, 5.41) is 12.1. The molecular weight excluding hydrogens is 210 g/mol. The van der Waals surface area contributed by atoms with Crippen LogP contribution in [0.4, 0.5) is 0 Å². The summed E-state index contributed by atoms with van der Waals surface area (Å²) >= 11 is 0. The van der Waals surface area contributed by atoms with Crippen LogP contribution in [-0.4, -0.2) is 49.6 Å². The molecule has 16 heavy (non-hydrogen) atoms. The molecule has 3 unspecified atom stereocenters. The predicted octanol–water partition coefficient (Wildman–Crippen LogP) is 0.633. The number of methoxy groups -OCH3 is 1. The number of carboxylic acids is 1. The van der Waals surface area contributed by atoms with Crippen molar-refractivity contribution in [3.05, 3.63) is 0 Å². The van der Waals surface area contributed by atoms with Gasteiger partial charge in [-0.05, 0) is 26.8 Å². The maximum absolute atomic E-state index is 11.2. The molecule has 0 aliphatic heterocycles. The van der Waals surface area contributed by atoms with Gasteiger partial charge in [-0.2, -0.15) is 0 Å². The van der Waals surface area contributed by atoms with E-state index in [1.165, 1.54) is 0 Å². The summed E-state index contributed by atoms with van der Waals surface area (Å²) in [7, 11) is 3.32. The van der Waals surface area contributed by atoms with Gasteiger partial charge in [-0.15, -0.1) is 0 Å². The van der Waals surface area contributed by atoms with E-state index in [0.717, 1.165) is 6.42 Å². The molecule has 1 aliphatic rings. The highest BCUT2D eigenvalue weighted by molar-refractivity contribution is 5.79. The van der Waals surface area contributed by atoms with Gasteiger partial charge in [-0.25, -0.2) is 0 Å². The first kappa shape index (κ1) is 13.4. The van der Waals surface area contributed by atoms with Crippen LogP contribution in [0.1, 0.15) is 26.2 Å². The number of hydrogen-bond acceptors (Lipinski definition) is 4. The van der Waals surface area contributed by atoms with Gasteiger partial charge in [0, 0.05) is 13.5 Å². The first-order valence-electron chi connectivity index (χ1n) is 5.61. The third-order valence-electron chi connectivity index (χ3n) is 3.18. The smallest absolute Gasteiger partial charge is 0.323 e. The summed E-state index contributed by atoms with van der Waals surface area (Å²) in [5.74, 6) is -0.791. The lowest BCUT2D eigenvalue weighted by molar-refractivity contribution is -0.145. The number of hydrogen-bond donors (Lipinski definition) is 2. The maximum Gasteiger partial charge on any atom is 0.323 e. The minimum absolute atomic E-state index is 0.00806. The molecule has 0 aromatic rings. The Morgan fingerprint density at radius 3 is 2.81 bits per heavy atom. The number of ether oxygens (including phenoxy) is 2. The van der Waals surface area contributed by atoms with E-state index in [-0.39, 0.29) is 12.2 Å². The second-order valence-electron chi connectivity index (χ2n) is 4.40. The highest BCUT2D eigenvalue weighted by Gasteiger charge is 2.45. The van der Waals surface area contributed by atoms with E-state index in [0.29, 0.717) is 19.4 Å². The average Bonchev–Trinajstić information content (AvgIpc) is 2.63. The number of nitrogens with one attached hydrogen (secondary N) is 1. The molecule has 0 radical (unpaired) electrons. The lowest BCUT2D eigenvalue weighted by atomic mass is 9.98. The second-order valence-corrected chi connectivity index (χ2v) is 4.40. The minimum Gasteiger partial charge on any atom is -0.480 e. The zero-order chi connectivity index (χ0) is 12.2. The van der Waals surface area contributed by atoms with E-state index in [2.05, 4.69) is 5.32 Å². The number of aliphatic carboxylic acids is 1. The van der Waals surface area contributed by atoms with Crippen LogP contribution < -0.4 is 5.32 Å². The molecule has 5 heteroatoms. The van der Waals surface area contributed by atoms with Crippen molar-refractivity contribution in [1.29, 1.82) is 0 Å². The summed E-state index contributed by atoms with van der Waals surface area (Å²) in [6, 6.07) is 0. The van der Waals surface area contributed by atoms with E-state index in [1.807, 2.05) is 6.92 Å². The Kier molecular flexibility index (Phi) is 4.70. The molecule has 0 spiro atoms. The minimum atomic E-state index is -0.808. The van der Waals surface area contributed by atoms with Crippen molar-refractivity contribution in [2.24, 2.45) is 0 Å². The third-order valence-corrected chi connectivity index (χ3v) is 3.18. The van der Waals surface area contributed by atoms with Crippen LogP contribution >= 0.6 is 0 Å². The topological polar surface area (TPSA) is 67.8 Å². The van der Waals surface area contributed by atoms with Gasteiger partial charge in [0.05, 0.1) is 18.8 Å². The van der Waals surface area contributed by atoms with Crippen molar-refractivity contribution in [1.82, 2.24) is 5.32 Å². The standard InChI is InChI=1S/C11H21NO4/c1-8(7-15-3)16-9-4-5-11(6-9,12-2)10(13)14/h8-9,12H,4-7H2,1-3H3,(H,13,14). The molecular formula is C11H21NO4. The van der Waals surface area contributed by atoms with Crippen molar-refractivity contribution in [2.75, 3.05) is 20.8 Å². The average molecular weight is 231 g/mol. The van der Waals surface area contributed by atoms with E-state index in [4.69, 9.17) is 9.47 Å². The largest absolute Gasteiger partial charge is 0.480 e. The van der Waals surface area contributed by atoms with Crippen LogP contribution in [0.25, 0.3) is 0 Å². The Hall–Kier alpha value is -0.650. The van der Waals surface area contributed by atoms with E-state index in [1.54, 1.807) is 14.2 Å². The quantitative estimate of drug-likeness (QED) is 0.702. The second kappa shape index (κ2) is 5.61. The molecule has 0 aromatic heterocycles. The molecule has 5 nitrogen and oxygen atoms in total. The van der Waals surface area contributed by atoms with Gasteiger partial charge in [0.25, 0.3) is 0 Å². The van der Waals surface area contributed by atoms with Gasteiger partial charge >= 0.3 is 5.97 Å². The van der Waals surface area contributed by atoms with Crippen LogP contribution in [0.3, 0.4) is 0 Å². The fourth-order valence-electron chi connectivity index (χ4n) is 2.25. The number of carboxylic acid groups (broad SMARTS) is 1. The van der Waals surface area contributed by atoms with Crippen LogP contribution in [0.15, 0.2) is 0 Å². The van der Waals surface area contributed by atoms with Gasteiger partial charge in [-0.3, -0.25) is 4.79 Å². The van der Waals surface area contributed by atoms with Crippen LogP contribution in [0, 0.1) is 0 Å². The monoisotopic (exact) mass is 231 g/mol. The van der Waals surface area contributed by atoms with Crippen LogP contribution in [0.2, 0.25) is 0 Å². The Bertz CT molecular complexity index is 246. The van der Waals surface area contributed by atoms with Crippen molar-refractivity contribution < 1.29 is 19.4 Å². The van der Waals surface area contributed by atoms with Crippen LogP contribution in [0.5, 0.6) is 0 Å². The molecule has 0 bridgehead atoms. The highest BCUT2D eigenvalue weighted by Crippen LogP contribution is 2.32. The molecule has 0 amide bonds. The number of likely N-dealkylation sites (N-methyl/N-ethyl adjacent to an activating group) is 1. The van der Waals surface area contributed by atoms with Crippen molar-refractivity contribution in [2.45, 2.75) is 43.9 Å². The van der Waals surface area contributed by atoms with E-state index >= 15 is 0 Å². The normalized spacial score (nSPS) is 31.6. The van der Waals surface area contributed by atoms with Crippen molar-refractivity contribution in [3.8, 4) is 0 Å². The lowest BCUT2D eigenvalue weighted by Gasteiger charge is -2.24. The first-order chi connectivity index (χ1) is 7.54. The van der Waals surface area contributed by atoms with Gasteiger partial charge in [0.1, 0.15) is 5.54 Å². The van der Waals surface area contributed by atoms with Crippen molar-refractivity contribution >= 4 is 5.97 Å². The Morgan fingerprint density at radius 2 is 2.38 bits per heavy atom. The molecule has 3 atom stereocenters. The maximum atomic E-state index is 11.2. The Balaban J connectivity index is 2.48. The van der Waals surface area contributed by atoms with Gasteiger partial charge in [-0.1, -0.05) is 0 Å². The summed E-state index contributed by atoms with van der Waals surface area (Å²) in [4.78, 5) is 11.2. The zero-order valence-electron chi connectivity index (χ0n) is 10.2. The Labute approximate surface area is 96.1 Å². The number of carbonyl (C=O) groups is 1. The van der Waals surface area contributed by atoms with Gasteiger partial charge < -0.3 is 19.9 Å². The van der Waals surface area contributed by atoms with Crippen molar-refractivity contribution in [3.63, 3.8) is 0 Å². The fourth-order valence-corrected chi connectivity index (χ4v) is 2.25. The SMILES string of the molecule is CNC1(C(=O)O)CCC(OC(C)COC)C1. The molecule has 1 aliphatic carbocycles. The zero-order valence-corrected chi connectivity index (χ0v) is 10.2. The van der Waals surface area contributed by atoms with Crippen LogP contribution in [-0.2, 0) is 14.3 Å². The molecule has 1 saturated carbocycles. The fraction of sp³-hybridized carbons (Fsp3) is 0.909. The van der Waals surface area contributed by atoms with E-state index < -0.39 is 11.5 Å². The summed E-state index contributed by atoms with van der Waals surface area (Å²) in [5.41, 5.74) is -0.808. The molecule has 0 saturated heterocycles. The molecule has 1 rings (SSSR count). The highest BCUT2D eigenvalue weighted by atomic mass is 16.5.